The van der Waals surface area contributed by atoms with E-state index in [1.54, 1.807) is 21.8 Å². The summed E-state index contributed by atoms with van der Waals surface area (Å²) < 4.78 is 1.74. The molecular weight excluding hydrogens is 318 g/mol. The molecule has 3 rings (SSSR count). The van der Waals surface area contributed by atoms with Crippen LogP contribution in [0.4, 0.5) is 10.6 Å². The zero-order chi connectivity index (χ0) is 17.8. The number of amides is 3. The van der Waals surface area contributed by atoms with E-state index in [0.717, 1.165) is 17.5 Å². The third-order valence-corrected chi connectivity index (χ3v) is 4.25. The van der Waals surface area contributed by atoms with Crippen LogP contribution in [0.25, 0.3) is 0 Å². The molecule has 0 fully saturated rings. The Balaban J connectivity index is 1.49. The van der Waals surface area contributed by atoms with E-state index in [9.17, 15) is 9.59 Å². The predicted molar refractivity (Wildman–Crippen MR) is 95.7 cm³/mol. The molecule has 2 N–H and O–H groups in total. The van der Waals surface area contributed by atoms with Crippen molar-refractivity contribution in [3.8, 4) is 0 Å². The molecule has 0 unspecified atom stereocenters. The summed E-state index contributed by atoms with van der Waals surface area (Å²) in [5, 5.41) is 9.75. The molecule has 1 aliphatic rings. The van der Waals surface area contributed by atoms with E-state index < -0.39 is 0 Å². The summed E-state index contributed by atoms with van der Waals surface area (Å²) in [6.07, 6.45) is 2.50. The monoisotopic (exact) mass is 341 g/mol. The van der Waals surface area contributed by atoms with E-state index in [4.69, 9.17) is 0 Å². The van der Waals surface area contributed by atoms with Crippen molar-refractivity contribution in [1.82, 2.24) is 20.0 Å². The van der Waals surface area contributed by atoms with Crippen LogP contribution in [0, 0.1) is 0 Å². The Hall–Kier alpha value is -2.83. The number of nitrogens with zero attached hydrogens (tertiary/aromatic N) is 3. The normalized spacial score (nSPS) is 13.7. The highest BCUT2D eigenvalue weighted by molar-refractivity contribution is 5.96. The lowest BCUT2D eigenvalue weighted by atomic mass is 9.99. The molecule has 132 valence electrons. The highest BCUT2D eigenvalue weighted by atomic mass is 16.2. The van der Waals surface area contributed by atoms with Gasteiger partial charge in [0.25, 0.3) is 5.91 Å². The fourth-order valence-electron chi connectivity index (χ4n) is 2.98. The average Bonchev–Trinajstić information content (AvgIpc) is 3.05. The number of hydrogen-bond donors (Lipinski definition) is 2. The summed E-state index contributed by atoms with van der Waals surface area (Å²) in [6, 6.07) is 9.30. The Labute approximate surface area is 147 Å². The van der Waals surface area contributed by atoms with E-state index in [1.807, 2.05) is 38.1 Å². The summed E-state index contributed by atoms with van der Waals surface area (Å²) in [7, 11) is 0. The van der Waals surface area contributed by atoms with E-state index in [1.165, 1.54) is 0 Å². The third kappa shape index (κ3) is 3.81. The van der Waals surface area contributed by atoms with Crippen molar-refractivity contribution in [2.75, 3.05) is 25.0 Å². The SMILES string of the molecule is CC(C)n1nccc1NC(=O)NCCN1CCc2ccccc2C1=O. The van der Waals surface area contributed by atoms with Gasteiger partial charge in [-0.1, -0.05) is 18.2 Å². The van der Waals surface area contributed by atoms with E-state index in [0.29, 0.717) is 25.5 Å². The number of urea groups is 1. The van der Waals surface area contributed by atoms with Gasteiger partial charge in [0.2, 0.25) is 0 Å². The number of carbonyl (C=O) groups excluding carboxylic acids is 2. The molecule has 1 aliphatic heterocycles. The second-order valence-corrected chi connectivity index (χ2v) is 6.34. The largest absolute Gasteiger partial charge is 0.337 e. The maximum atomic E-state index is 12.5. The Morgan fingerprint density at radius 3 is 2.88 bits per heavy atom. The van der Waals surface area contributed by atoms with Crippen LogP contribution in [0.1, 0.15) is 35.8 Å². The topological polar surface area (TPSA) is 79.3 Å². The quantitative estimate of drug-likeness (QED) is 0.876. The third-order valence-electron chi connectivity index (χ3n) is 4.25. The lowest BCUT2D eigenvalue weighted by Gasteiger charge is -2.28. The highest BCUT2D eigenvalue weighted by Crippen LogP contribution is 2.18. The molecule has 1 aromatic carbocycles. The van der Waals surface area contributed by atoms with E-state index >= 15 is 0 Å². The number of carbonyl (C=O) groups is 2. The fraction of sp³-hybridized carbons (Fsp3) is 0.389. The Morgan fingerprint density at radius 1 is 1.28 bits per heavy atom. The molecule has 0 bridgehead atoms. The van der Waals surface area contributed by atoms with Gasteiger partial charge in [-0.25, -0.2) is 9.48 Å². The molecule has 0 aliphatic carbocycles. The second kappa shape index (κ2) is 7.38. The van der Waals surface area contributed by atoms with Crippen LogP contribution in [0.2, 0.25) is 0 Å². The number of anilines is 1. The first-order chi connectivity index (χ1) is 12.1. The molecule has 2 aromatic rings. The maximum absolute atomic E-state index is 12.5. The van der Waals surface area contributed by atoms with Gasteiger partial charge in [0.15, 0.2) is 0 Å². The first kappa shape index (κ1) is 17.0. The molecule has 1 aromatic heterocycles. The van der Waals surface area contributed by atoms with Crippen LogP contribution in [0.15, 0.2) is 36.5 Å². The molecule has 0 spiro atoms. The van der Waals surface area contributed by atoms with Gasteiger partial charge in [0, 0.05) is 37.3 Å². The van der Waals surface area contributed by atoms with Crippen molar-refractivity contribution in [2.45, 2.75) is 26.3 Å². The number of hydrogen-bond acceptors (Lipinski definition) is 3. The molecule has 0 saturated carbocycles. The van der Waals surface area contributed by atoms with Crippen LogP contribution >= 0.6 is 0 Å². The van der Waals surface area contributed by atoms with Crippen LogP contribution in [-0.2, 0) is 6.42 Å². The minimum Gasteiger partial charge on any atom is -0.337 e. The zero-order valence-electron chi connectivity index (χ0n) is 14.5. The molecule has 3 amide bonds. The van der Waals surface area contributed by atoms with Crippen molar-refractivity contribution in [3.63, 3.8) is 0 Å². The lowest BCUT2D eigenvalue weighted by molar-refractivity contribution is 0.0742. The van der Waals surface area contributed by atoms with Crippen molar-refractivity contribution in [1.29, 1.82) is 0 Å². The first-order valence-corrected chi connectivity index (χ1v) is 8.52. The number of aromatic nitrogens is 2. The van der Waals surface area contributed by atoms with Crippen molar-refractivity contribution in [2.24, 2.45) is 0 Å². The van der Waals surface area contributed by atoms with Gasteiger partial charge in [0.05, 0.1) is 6.20 Å². The molecule has 7 nitrogen and oxygen atoms in total. The highest BCUT2D eigenvalue weighted by Gasteiger charge is 2.23. The minimum atomic E-state index is -0.299. The molecule has 7 heteroatoms. The van der Waals surface area contributed by atoms with Gasteiger partial charge in [-0.05, 0) is 31.9 Å². The summed E-state index contributed by atoms with van der Waals surface area (Å²) in [4.78, 5) is 26.3. The van der Waals surface area contributed by atoms with Gasteiger partial charge >= 0.3 is 6.03 Å². The molecule has 2 heterocycles. The van der Waals surface area contributed by atoms with Crippen molar-refractivity contribution < 1.29 is 9.59 Å². The van der Waals surface area contributed by atoms with Crippen LogP contribution < -0.4 is 10.6 Å². The summed E-state index contributed by atoms with van der Waals surface area (Å²) in [5.41, 5.74) is 1.86. The number of nitrogens with one attached hydrogen (secondary N) is 2. The molecule has 0 radical (unpaired) electrons. The Kier molecular flexibility index (Phi) is 5.02. The van der Waals surface area contributed by atoms with E-state index in [2.05, 4.69) is 15.7 Å². The minimum absolute atomic E-state index is 0.0296. The number of fused-ring (bicyclic) bond motifs is 1. The van der Waals surface area contributed by atoms with Crippen molar-refractivity contribution >= 4 is 17.8 Å². The van der Waals surface area contributed by atoms with Crippen LogP contribution in [0.5, 0.6) is 0 Å². The predicted octanol–water partition coefficient (Wildman–Crippen LogP) is 2.28. The zero-order valence-corrected chi connectivity index (χ0v) is 14.5. The van der Waals surface area contributed by atoms with Gasteiger partial charge in [-0.2, -0.15) is 5.10 Å². The van der Waals surface area contributed by atoms with Crippen LogP contribution in [0.3, 0.4) is 0 Å². The average molecular weight is 341 g/mol. The van der Waals surface area contributed by atoms with E-state index in [-0.39, 0.29) is 18.0 Å². The van der Waals surface area contributed by atoms with Gasteiger partial charge in [-0.3, -0.25) is 10.1 Å². The van der Waals surface area contributed by atoms with Gasteiger partial charge in [-0.15, -0.1) is 0 Å². The molecule has 25 heavy (non-hydrogen) atoms. The molecular formula is C18H23N5O2. The molecule has 0 saturated heterocycles. The van der Waals surface area contributed by atoms with Crippen LogP contribution in [-0.4, -0.2) is 46.3 Å². The molecule has 0 atom stereocenters. The first-order valence-electron chi connectivity index (χ1n) is 8.52. The lowest BCUT2D eigenvalue weighted by Crippen LogP contribution is -2.43. The maximum Gasteiger partial charge on any atom is 0.320 e. The summed E-state index contributed by atoms with van der Waals surface area (Å²) in [5.74, 6) is 0.678. The van der Waals surface area contributed by atoms with Crippen molar-refractivity contribution in [3.05, 3.63) is 47.7 Å². The fourth-order valence-corrected chi connectivity index (χ4v) is 2.98. The van der Waals surface area contributed by atoms with Gasteiger partial charge in [0.1, 0.15) is 5.82 Å². The summed E-state index contributed by atoms with van der Waals surface area (Å²) >= 11 is 0. The standard InChI is InChI=1S/C18H23N5O2/c1-13(2)23-16(7-9-20-23)21-18(25)19-10-12-22-11-8-14-5-3-4-6-15(14)17(22)24/h3-7,9,13H,8,10-12H2,1-2H3,(H2,19,21,25). The number of rotatable bonds is 5. The number of benzene rings is 1. The summed E-state index contributed by atoms with van der Waals surface area (Å²) in [6.45, 7) is 5.56. The second-order valence-electron chi connectivity index (χ2n) is 6.34. The smallest absolute Gasteiger partial charge is 0.320 e. The van der Waals surface area contributed by atoms with Gasteiger partial charge < -0.3 is 10.2 Å². The Bertz CT molecular complexity index is 768. The Morgan fingerprint density at radius 2 is 2.08 bits per heavy atom.